The molecule has 0 aliphatic heterocycles. The summed E-state index contributed by atoms with van der Waals surface area (Å²) >= 11 is 0. The number of nitrogens with one attached hydrogen (secondary N) is 1. The predicted molar refractivity (Wildman–Crippen MR) is 83.4 cm³/mol. The van der Waals surface area contributed by atoms with E-state index in [1.54, 1.807) is 18.2 Å². The molecule has 0 radical (unpaired) electrons. The van der Waals surface area contributed by atoms with E-state index in [0.29, 0.717) is 5.41 Å². The monoisotopic (exact) mass is 273 g/mol. The first-order valence-electron chi connectivity index (χ1n) is 8.04. The van der Waals surface area contributed by atoms with Crippen LogP contribution in [0.4, 0.5) is 0 Å². The number of hydrogen-bond donors (Lipinski definition) is 1. The maximum atomic E-state index is 5.43. The van der Waals surface area contributed by atoms with Crippen molar-refractivity contribution >= 4 is 0 Å². The van der Waals surface area contributed by atoms with Crippen molar-refractivity contribution in [3.63, 3.8) is 0 Å². The molecule has 1 aromatic rings. The lowest BCUT2D eigenvalue weighted by atomic mass is 9.78. The first kappa shape index (κ1) is 13.9. The zero-order chi connectivity index (χ0) is 14.2. The SMILES string of the molecule is COc1ccc2c(c1)C1(CCC2)CC1CNCC(C)C. The summed E-state index contributed by atoms with van der Waals surface area (Å²) in [5.74, 6) is 2.58. The van der Waals surface area contributed by atoms with E-state index >= 15 is 0 Å². The van der Waals surface area contributed by atoms with Crippen LogP contribution in [0.1, 0.15) is 44.2 Å². The van der Waals surface area contributed by atoms with Crippen LogP contribution in [0, 0.1) is 11.8 Å². The molecule has 1 spiro atoms. The van der Waals surface area contributed by atoms with Crippen molar-refractivity contribution in [3.05, 3.63) is 29.3 Å². The van der Waals surface area contributed by atoms with Gasteiger partial charge in [0.2, 0.25) is 0 Å². The largest absolute Gasteiger partial charge is 0.497 e. The van der Waals surface area contributed by atoms with E-state index in [1.165, 1.54) is 32.2 Å². The third-order valence-electron chi connectivity index (χ3n) is 5.10. The highest BCUT2D eigenvalue weighted by Crippen LogP contribution is 2.60. The fourth-order valence-electron chi connectivity index (χ4n) is 3.92. The molecule has 2 atom stereocenters. The summed E-state index contributed by atoms with van der Waals surface area (Å²) < 4.78 is 5.43. The number of ether oxygens (including phenoxy) is 1. The van der Waals surface area contributed by atoms with E-state index in [-0.39, 0.29) is 0 Å². The van der Waals surface area contributed by atoms with Gasteiger partial charge in [-0.25, -0.2) is 0 Å². The lowest BCUT2D eigenvalue weighted by Gasteiger charge is -2.27. The number of methoxy groups -OCH3 is 1. The summed E-state index contributed by atoms with van der Waals surface area (Å²) in [5.41, 5.74) is 3.61. The fraction of sp³-hybridized carbons (Fsp3) is 0.667. The molecule has 1 aromatic carbocycles. The quantitative estimate of drug-likeness (QED) is 0.886. The molecule has 0 heterocycles. The highest BCUT2D eigenvalue weighted by atomic mass is 16.5. The summed E-state index contributed by atoms with van der Waals surface area (Å²) in [6.45, 7) is 6.86. The number of benzene rings is 1. The fourth-order valence-corrected chi connectivity index (χ4v) is 3.92. The van der Waals surface area contributed by atoms with Gasteiger partial charge in [0.15, 0.2) is 0 Å². The van der Waals surface area contributed by atoms with Gasteiger partial charge in [0.25, 0.3) is 0 Å². The smallest absolute Gasteiger partial charge is 0.119 e. The third kappa shape index (κ3) is 2.46. The van der Waals surface area contributed by atoms with Gasteiger partial charge < -0.3 is 10.1 Å². The lowest BCUT2D eigenvalue weighted by Crippen LogP contribution is -2.26. The molecule has 0 amide bonds. The second-order valence-electron chi connectivity index (χ2n) is 6.99. The minimum Gasteiger partial charge on any atom is -0.497 e. The van der Waals surface area contributed by atoms with E-state index in [2.05, 4.69) is 37.4 Å². The molecule has 0 bridgehead atoms. The molecule has 1 fully saturated rings. The number of rotatable bonds is 5. The molecule has 110 valence electrons. The normalized spacial score (nSPS) is 27.7. The summed E-state index contributed by atoms with van der Waals surface area (Å²) in [4.78, 5) is 0. The summed E-state index contributed by atoms with van der Waals surface area (Å²) in [5, 5.41) is 3.65. The van der Waals surface area contributed by atoms with Crippen molar-refractivity contribution in [2.24, 2.45) is 11.8 Å². The molecular weight excluding hydrogens is 246 g/mol. The molecule has 1 saturated carbocycles. The van der Waals surface area contributed by atoms with Crippen molar-refractivity contribution in [2.45, 2.75) is 44.9 Å². The van der Waals surface area contributed by atoms with E-state index in [9.17, 15) is 0 Å². The molecule has 2 heteroatoms. The van der Waals surface area contributed by atoms with Gasteiger partial charge in [-0.15, -0.1) is 0 Å². The standard InChI is InChI=1S/C18H27NO/c1-13(2)11-19-12-15-10-18(15)8-4-5-14-6-7-16(20-3)9-17(14)18/h6-7,9,13,15,19H,4-5,8,10-12H2,1-3H3. The van der Waals surface area contributed by atoms with Crippen LogP contribution in [-0.4, -0.2) is 20.2 Å². The minimum absolute atomic E-state index is 0.464. The van der Waals surface area contributed by atoms with Crippen LogP contribution in [0.2, 0.25) is 0 Å². The van der Waals surface area contributed by atoms with Crippen LogP contribution in [0.3, 0.4) is 0 Å². The van der Waals surface area contributed by atoms with Crippen LogP contribution in [0.5, 0.6) is 5.75 Å². The zero-order valence-corrected chi connectivity index (χ0v) is 13.0. The Balaban J connectivity index is 1.74. The van der Waals surface area contributed by atoms with Gasteiger partial charge in [0, 0.05) is 5.41 Å². The maximum Gasteiger partial charge on any atom is 0.119 e. The first-order valence-corrected chi connectivity index (χ1v) is 8.04. The lowest BCUT2D eigenvalue weighted by molar-refractivity contribution is 0.409. The topological polar surface area (TPSA) is 21.3 Å². The number of fused-ring (bicyclic) bond motifs is 2. The molecule has 20 heavy (non-hydrogen) atoms. The molecule has 2 aliphatic carbocycles. The average molecular weight is 273 g/mol. The van der Waals surface area contributed by atoms with Crippen molar-refractivity contribution in [3.8, 4) is 5.75 Å². The Morgan fingerprint density at radius 1 is 1.40 bits per heavy atom. The van der Waals surface area contributed by atoms with Gasteiger partial charge in [-0.3, -0.25) is 0 Å². The maximum absolute atomic E-state index is 5.43. The number of hydrogen-bond acceptors (Lipinski definition) is 2. The van der Waals surface area contributed by atoms with Gasteiger partial charge in [-0.1, -0.05) is 19.9 Å². The molecule has 0 saturated heterocycles. The van der Waals surface area contributed by atoms with E-state index in [4.69, 9.17) is 4.74 Å². The van der Waals surface area contributed by atoms with Gasteiger partial charge in [-0.05, 0) is 73.9 Å². The molecule has 2 aliphatic rings. The molecule has 2 nitrogen and oxygen atoms in total. The molecule has 0 aromatic heterocycles. The van der Waals surface area contributed by atoms with Crippen LogP contribution in [-0.2, 0) is 11.8 Å². The van der Waals surface area contributed by atoms with E-state index in [1.807, 2.05) is 0 Å². The van der Waals surface area contributed by atoms with Gasteiger partial charge in [0.1, 0.15) is 5.75 Å². The molecule has 3 rings (SSSR count). The van der Waals surface area contributed by atoms with Crippen LogP contribution in [0.15, 0.2) is 18.2 Å². The van der Waals surface area contributed by atoms with Gasteiger partial charge >= 0.3 is 0 Å². The summed E-state index contributed by atoms with van der Waals surface area (Å²) in [7, 11) is 1.77. The Hall–Kier alpha value is -1.02. The van der Waals surface area contributed by atoms with Crippen molar-refractivity contribution in [2.75, 3.05) is 20.2 Å². The Kier molecular flexibility index (Phi) is 3.76. The molecular formula is C18H27NO. The second-order valence-corrected chi connectivity index (χ2v) is 6.99. The van der Waals surface area contributed by atoms with Gasteiger partial charge in [-0.2, -0.15) is 0 Å². The van der Waals surface area contributed by atoms with E-state index in [0.717, 1.165) is 24.1 Å². The Bertz CT molecular complexity index is 482. The predicted octanol–water partition coefficient (Wildman–Crippen LogP) is 3.53. The Morgan fingerprint density at radius 2 is 2.25 bits per heavy atom. The van der Waals surface area contributed by atoms with Crippen molar-refractivity contribution in [1.82, 2.24) is 5.32 Å². The number of aryl methyl sites for hydroxylation is 1. The molecule has 1 N–H and O–H groups in total. The first-order chi connectivity index (χ1) is 9.65. The van der Waals surface area contributed by atoms with Gasteiger partial charge in [0.05, 0.1) is 7.11 Å². The average Bonchev–Trinajstić information content (AvgIpc) is 3.12. The van der Waals surface area contributed by atoms with Crippen molar-refractivity contribution in [1.29, 1.82) is 0 Å². The Labute approximate surface area is 122 Å². The van der Waals surface area contributed by atoms with Crippen LogP contribution >= 0.6 is 0 Å². The summed E-state index contributed by atoms with van der Waals surface area (Å²) in [6, 6.07) is 6.70. The van der Waals surface area contributed by atoms with Crippen LogP contribution in [0.25, 0.3) is 0 Å². The van der Waals surface area contributed by atoms with Crippen LogP contribution < -0.4 is 10.1 Å². The molecule has 2 unspecified atom stereocenters. The van der Waals surface area contributed by atoms with E-state index < -0.39 is 0 Å². The Morgan fingerprint density at radius 3 is 3.00 bits per heavy atom. The minimum atomic E-state index is 0.464. The second kappa shape index (κ2) is 5.40. The third-order valence-corrected chi connectivity index (χ3v) is 5.10. The zero-order valence-electron chi connectivity index (χ0n) is 13.0. The van der Waals surface area contributed by atoms with Crippen molar-refractivity contribution < 1.29 is 4.74 Å². The highest BCUT2D eigenvalue weighted by Gasteiger charge is 2.56. The highest BCUT2D eigenvalue weighted by molar-refractivity contribution is 5.46. The summed E-state index contributed by atoms with van der Waals surface area (Å²) in [6.07, 6.45) is 5.31.